The number of amides is 2. The van der Waals surface area contributed by atoms with Crippen LogP contribution in [0, 0.1) is 11.3 Å². The number of nitrogens with one attached hydrogen (secondary N) is 1. The van der Waals surface area contributed by atoms with Crippen LogP contribution < -0.4 is 5.32 Å². The molecule has 1 aliphatic carbocycles. The van der Waals surface area contributed by atoms with E-state index in [4.69, 9.17) is 0 Å². The molecule has 6 heteroatoms. The summed E-state index contributed by atoms with van der Waals surface area (Å²) < 4.78 is 0. The molecule has 130 valence electrons. The van der Waals surface area contributed by atoms with Gasteiger partial charge in [0.1, 0.15) is 0 Å². The van der Waals surface area contributed by atoms with Crippen molar-refractivity contribution in [3.05, 3.63) is 29.8 Å². The van der Waals surface area contributed by atoms with Crippen molar-refractivity contribution < 1.29 is 14.7 Å². The zero-order chi connectivity index (χ0) is 17.2. The third-order valence-corrected chi connectivity index (χ3v) is 6.21. The number of urea groups is 1. The molecule has 5 nitrogen and oxygen atoms in total. The Bertz CT molecular complexity index is 619. The van der Waals surface area contributed by atoms with Gasteiger partial charge in [-0.05, 0) is 42.2 Å². The Morgan fingerprint density at radius 2 is 2.12 bits per heavy atom. The van der Waals surface area contributed by atoms with Crippen LogP contribution in [-0.2, 0) is 10.5 Å². The van der Waals surface area contributed by atoms with E-state index in [1.807, 2.05) is 36.0 Å². The first-order valence-corrected chi connectivity index (χ1v) is 9.66. The predicted octanol–water partition coefficient (Wildman–Crippen LogP) is 3.66. The number of fused-ring (bicyclic) bond motifs is 1. The highest BCUT2D eigenvalue weighted by atomic mass is 32.2. The third kappa shape index (κ3) is 3.24. The van der Waals surface area contributed by atoms with E-state index in [0.29, 0.717) is 19.5 Å². The summed E-state index contributed by atoms with van der Waals surface area (Å²) in [6.45, 7) is 3.00. The largest absolute Gasteiger partial charge is 0.481 e. The highest BCUT2D eigenvalue weighted by Gasteiger charge is 2.55. The fourth-order valence-corrected chi connectivity index (χ4v) is 4.53. The summed E-state index contributed by atoms with van der Waals surface area (Å²) in [6, 6.07) is 7.67. The van der Waals surface area contributed by atoms with Crippen molar-refractivity contribution in [1.82, 2.24) is 4.90 Å². The lowest BCUT2D eigenvalue weighted by atomic mass is 9.81. The molecule has 0 spiro atoms. The van der Waals surface area contributed by atoms with Crippen LogP contribution in [0.1, 0.15) is 31.7 Å². The highest BCUT2D eigenvalue weighted by Crippen LogP contribution is 2.48. The fraction of sp³-hybridized carbons (Fsp3) is 0.556. The zero-order valence-corrected chi connectivity index (χ0v) is 14.8. The van der Waals surface area contributed by atoms with E-state index >= 15 is 0 Å². The van der Waals surface area contributed by atoms with Crippen LogP contribution in [0.15, 0.2) is 24.3 Å². The minimum atomic E-state index is -0.752. The molecule has 2 aliphatic rings. The van der Waals surface area contributed by atoms with E-state index in [1.54, 1.807) is 4.90 Å². The van der Waals surface area contributed by atoms with Crippen molar-refractivity contribution in [1.29, 1.82) is 0 Å². The molecule has 0 bridgehead atoms. The Morgan fingerprint density at radius 1 is 1.38 bits per heavy atom. The normalized spacial score (nSPS) is 25.5. The van der Waals surface area contributed by atoms with Crippen molar-refractivity contribution in [2.24, 2.45) is 11.3 Å². The van der Waals surface area contributed by atoms with Crippen molar-refractivity contribution in [3.8, 4) is 0 Å². The SMILES string of the molecule is CCSCc1ccc(NC(=O)N2C[C@@H]3CCC[C@@]3(C(=O)O)C2)cc1. The van der Waals surface area contributed by atoms with E-state index in [1.165, 1.54) is 5.56 Å². The molecule has 1 saturated heterocycles. The second kappa shape index (κ2) is 7.05. The number of carboxylic acid groups (broad SMARTS) is 1. The van der Waals surface area contributed by atoms with Gasteiger partial charge in [-0.1, -0.05) is 25.5 Å². The topological polar surface area (TPSA) is 69.6 Å². The maximum atomic E-state index is 12.5. The van der Waals surface area contributed by atoms with Crippen molar-refractivity contribution in [2.75, 3.05) is 24.2 Å². The molecule has 1 aromatic rings. The Labute approximate surface area is 146 Å². The number of likely N-dealkylation sites (tertiary alicyclic amines) is 1. The van der Waals surface area contributed by atoms with Crippen LogP contribution >= 0.6 is 11.8 Å². The molecule has 1 saturated carbocycles. The third-order valence-electron chi connectivity index (χ3n) is 5.26. The Kier molecular flexibility index (Phi) is 5.04. The number of carbonyl (C=O) groups is 2. The van der Waals surface area contributed by atoms with Crippen LogP contribution in [-0.4, -0.2) is 40.8 Å². The van der Waals surface area contributed by atoms with Gasteiger partial charge in [0.25, 0.3) is 0 Å². The number of carboxylic acids is 1. The molecular weight excluding hydrogens is 324 g/mol. The van der Waals surface area contributed by atoms with Crippen molar-refractivity contribution in [3.63, 3.8) is 0 Å². The van der Waals surface area contributed by atoms with Gasteiger partial charge < -0.3 is 15.3 Å². The summed E-state index contributed by atoms with van der Waals surface area (Å²) in [4.78, 5) is 25.8. The van der Waals surface area contributed by atoms with Crippen LogP contribution in [0.4, 0.5) is 10.5 Å². The quantitative estimate of drug-likeness (QED) is 0.852. The molecule has 3 rings (SSSR count). The first-order chi connectivity index (χ1) is 11.5. The molecule has 0 radical (unpaired) electrons. The second-order valence-electron chi connectivity index (χ2n) is 6.70. The smallest absolute Gasteiger partial charge is 0.321 e. The number of carbonyl (C=O) groups excluding carboxylic acids is 1. The number of rotatable bonds is 5. The van der Waals surface area contributed by atoms with Gasteiger partial charge in [0.2, 0.25) is 0 Å². The zero-order valence-electron chi connectivity index (χ0n) is 14.0. The Balaban J connectivity index is 1.61. The number of aliphatic carboxylic acids is 1. The van der Waals surface area contributed by atoms with Gasteiger partial charge in [0, 0.05) is 24.5 Å². The number of thioether (sulfide) groups is 1. The minimum absolute atomic E-state index is 0.0918. The average molecular weight is 348 g/mol. The summed E-state index contributed by atoms with van der Waals surface area (Å²) in [7, 11) is 0. The molecule has 1 aliphatic heterocycles. The molecule has 1 heterocycles. The molecule has 2 amide bonds. The number of anilines is 1. The molecule has 2 atom stereocenters. The number of benzene rings is 1. The maximum Gasteiger partial charge on any atom is 0.321 e. The Morgan fingerprint density at radius 3 is 2.75 bits per heavy atom. The number of hydrogen-bond acceptors (Lipinski definition) is 3. The van der Waals surface area contributed by atoms with Crippen molar-refractivity contribution >= 4 is 29.4 Å². The second-order valence-corrected chi connectivity index (χ2v) is 7.97. The van der Waals surface area contributed by atoms with Crippen LogP contribution in [0.5, 0.6) is 0 Å². The highest BCUT2D eigenvalue weighted by molar-refractivity contribution is 7.98. The predicted molar refractivity (Wildman–Crippen MR) is 96.3 cm³/mol. The molecule has 0 aromatic heterocycles. The number of nitrogens with zero attached hydrogens (tertiary/aromatic N) is 1. The number of hydrogen-bond donors (Lipinski definition) is 2. The van der Waals surface area contributed by atoms with Gasteiger partial charge in [-0.15, -0.1) is 0 Å². The monoisotopic (exact) mass is 348 g/mol. The van der Waals surface area contributed by atoms with E-state index in [2.05, 4.69) is 12.2 Å². The van der Waals surface area contributed by atoms with Gasteiger partial charge >= 0.3 is 12.0 Å². The molecule has 2 fully saturated rings. The fourth-order valence-electron chi connectivity index (χ4n) is 3.90. The van der Waals surface area contributed by atoms with Gasteiger partial charge in [-0.25, -0.2) is 4.79 Å². The van der Waals surface area contributed by atoms with Crippen LogP contribution in [0.25, 0.3) is 0 Å². The lowest BCUT2D eigenvalue weighted by Crippen LogP contribution is -2.38. The summed E-state index contributed by atoms with van der Waals surface area (Å²) in [5, 5.41) is 12.5. The van der Waals surface area contributed by atoms with E-state index in [0.717, 1.165) is 30.0 Å². The molecule has 1 aromatic carbocycles. The summed E-state index contributed by atoms with van der Waals surface area (Å²) in [5.74, 6) is 1.40. The van der Waals surface area contributed by atoms with Gasteiger partial charge in [0.05, 0.1) is 5.41 Å². The first-order valence-electron chi connectivity index (χ1n) is 8.51. The van der Waals surface area contributed by atoms with E-state index in [-0.39, 0.29) is 11.9 Å². The lowest BCUT2D eigenvalue weighted by molar-refractivity contribution is -0.149. The van der Waals surface area contributed by atoms with Crippen LogP contribution in [0.3, 0.4) is 0 Å². The van der Waals surface area contributed by atoms with Crippen LogP contribution in [0.2, 0.25) is 0 Å². The molecular formula is C18H24N2O3S. The summed E-state index contributed by atoms with van der Waals surface area (Å²) in [5.41, 5.74) is 1.27. The lowest BCUT2D eigenvalue weighted by Gasteiger charge is -2.23. The van der Waals surface area contributed by atoms with Gasteiger partial charge in [-0.3, -0.25) is 4.79 Å². The van der Waals surface area contributed by atoms with Crippen molar-refractivity contribution in [2.45, 2.75) is 31.9 Å². The van der Waals surface area contributed by atoms with Gasteiger partial charge in [0.15, 0.2) is 0 Å². The molecule has 0 unspecified atom stereocenters. The first kappa shape index (κ1) is 17.1. The summed E-state index contributed by atoms with van der Waals surface area (Å²) in [6.07, 6.45) is 2.53. The standard InChI is InChI=1S/C18H24N2O3S/c1-2-24-11-13-5-7-15(8-6-13)19-17(23)20-10-14-4-3-9-18(14,12-20)16(21)22/h5-8,14H,2-4,9-12H2,1H3,(H,19,23)(H,21,22)/t14-,18+/m0/s1. The summed E-state index contributed by atoms with van der Waals surface area (Å²) >= 11 is 1.86. The average Bonchev–Trinajstić information content (AvgIpc) is 3.12. The van der Waals surface area contributed by atoms with Gasteiger partial charge in [-0.2, -0.15) is 11.8 Å². The van der Waals surface area contributed by atoms with E-state index in [9.17, 15) is 14.7 Å². The maximum absolute atomic E-state index is 12.5. The molecule has 24 heavy (non-hydrogen) atoms. The molecule has 2 N–H and O–H groups in total. The van der Waals surface area contributed by atoms with E-state index < -0.39 is 11.4 Å². The minimum Gasteiger partial charge on any atom is -0.481 e. The Hall–Kier alpha value is -1.69.